The van der Waals surface area contributed by atoms with Crippen molar-refractivity contribution in [2.24, 2.45) is 0 Å². The maximum atomic E-state index is 12.4. The molecule has 0 saturated heterocycles. The molecule has 105 heavy (non-hydrogen) atoms. The second-order valence-corrected chi connectivity index (χ2v) is 34.2. The predicted octanol–water partition coefficient (Wildman–Crippen LogP) is 18.8. The molecule has 0 saturated carbocycles. The quantitative estimate of drug-likeness (QED) is 0.0641. The van der Waals surface area contributed by atoms with Crippen molar-refractivity contribution in [3.63, 3.8) is 0 Å². The van der Waals surface area contributed by atoms with E-state index < -0.39 is 76.0 Å². The van der Waals surface area contributed by atoms with Crippen LogP contribution < -0.4 is 0 Å². The van der Waals surface area contributed by atoms with Crippen LogP contribution in [0.15, 0.2) is 189 Å². The van der Waals surface area contributed by atoms with Gasteiger partial charge in [0.2, 0.25) is 0 Å². The van der Waals surface area contributed by atoms with Gasteiger partial charge in [-0.2, -0.15) is 49.3 Å². The van der Waals surface area contributed by atoms with Gasteiger partial charge in [0, 0.05) is 282 Å². The molecule has 579 valence electrons. The van der Waals surface area contributed by atoms with Gasteiger partial charge in [-0.05, 0) is 193 Å². The van der Waals surface area contributed by atoms with Crippen molar-refractivity contribution in [2.45, 2.75) is 54.5 Å². The molecule has 0 N–H and O–H groups in total. The Morgan fingerprint density at radius 3 is 1.02 bits per heavy atom. The first-order chi connectivity index (χ1) is 42.0. The zero-order chi connectivity index (χ0) is 70.1. The molecular formula is C60H74Br2Cl5FIN7O15S7Y7-14. The Morgan fingerprint density at radius 1 is 0.371 bits per heavy atom. The monoisotopic (exact) mass is 2460 g/mol. The van der Waals surface area contributed by atoms with Crippen LogP contribution in [-0.4, -0.2) is 114 Å². The summed E-state index contributed by atoms with van der Waals surface area (Å²) in [5, 5.41) is 1.49. The zero-order valence-corrected chi connectivity index (χ0v) is 94.3. The topological polar surface area (TPSA) is 355 Å². The van der Waals surface area contributed by atoms with Crippen molar-refractivity contribution in [1.29, 1.82) is 0 Å². The molecule has 0 aliphatic rings. The van der Waals surface area contributed by atoms with Crippen molar-refractivity contribution in [3.05, 3.63) is 285 Å². The molecule has 0 bridgehead atoms. The van der Waals surface area contributed by atoms with E-state index in [4.69, 9.17) is 58.0 Å². The molecule has 0 atom stereocenters. The Balaban J connectivity index is -0.0000000751. The van der Waals surface area contributed by atoms with Gasteiger partial charge >= 0.3 is 0 Å². The fourth-order valence-electron chi connectivity index (χ4n) is 5.85. The van der Waals surface area contributed by atoms with E-state index in [1.165, 1.54) is 141 Å². The Bertz CT molecular complexity index is 4220. The van der Waals surface area contributed by atoms with E-state index in [9.17, 15) is 68.1 Å². The van der Waals surface area contributed by atoms with Crippen molar-refractivity contribution in [2.75, 3.05) is 49.3 Å². The Labute approximate surface area is 858 Å². The number of ketones is 1. The van der Waals surface area contributed by atoms with Crippen LogP contribution in [0.5, 0.6) is 0 Å². The van der Waals surface area contributed by atoms with Crippen LogP contribution in [0.2, 0.25) is 25.1 Å². The average Bonchev–Trinajstić information content (AvgIpc) is 0.836. The second-order valence-electron chi connectivity index (χ2n) is 16.7. The number of rotatable bonds is 16. The summed E-state index contributed by atoms with van der Waals surface area (Å²) in [5.74, 6) is -0.560. The zero-order valence-electron chi connectivity index (χ0n) is 59.6. The van der Waals surface area contributed by atoms with Gasteiger partial charge in [-0.1, -0.05) is 89.9 Å². The molecule has 45 heteroatoms. The standard InChI is InChI=1S/C10H11BrNO3S.C8H9BrNO2S.2C7H6Cl2NO2S.C7H7ClNO2S.C7H7FNO2S.C7H7INO2S.7CH3.7Y/c1-7(13)5-8-6-9(11)3-4-10(8)16(14,15)12-2;1-6-5-7(3-4-8(6)9)13(11,12)10-2;1-10-13(11,12)7-3-2-5(8)4-6(7)9;1-10-13(11,12)5-2-3-6(8)7(9)4-5;3*1-9-12(10,11)7-4-2-6(8)3-5-7;;;;;;;;;;;;;;/h3-4,6H,5H2,1-2H3;3-5H,1-2H3;2*2-4H,1H3;3*2-5H,1H3;7*1H3;;;;;;;/q14*-1;;;;;;;. The molecule has 0 aliphatic carbocycles. The molecule has 0 unspecified atom stereocenters. The van der Waals surface area contributed by atoms with Crippen molar-refractivity contribution in [3.8, 4) is 0 Å². The maximum absolute atomic E-state index is 12.4. The summed E-state index contributed by atoms with van der Waals surface area (Å²) < 4.78 is 195. The van der Waals surface area contributed by atoms with Gasteiger partial charge in [-0.15, -0.1) is 0 Å². The molecule has 7 radical (unpaired) electrons. The number of benzene rings is 7. The minimum atomic E-state index is -3.64. The number of carbonyl (C=O) groups is 1. The summed E-state index contributed by atoms with van der Waals surface area (Å²) in [6, 6.07) is 34.6. The number of hydrogen-bond acceptors (Lipinski definition) is 15. The smallest absolute Gasteiger partial charge is 0.134 e. The number of nitrogens with zero attached hydrogens (tertiary/aromatic N) is 7. The van der Waals surface area contributed by atoms with Crippen molar-refractivity contribution >= 4 is 188 Å². The van der Waals surface area contributed by atoms with E-state index in [0.29, 0.717) is 20.6 Å². The van der Waals surface area contributed by atoms with Gasteiger partial charge in [-0.3, -0.25) is 4.79 Å². The van der Waals surface area contributed by atoms with Gasteiger partial charge in [-0.25, -0.2) is 63.3 Å². The van der Waals surface area contributed by atoms with Gasteiger partial charge in [0.15, 0.2) is 0 Å². The number of aryl methyl sites for hydroxylation is 1. The summed E-state index contributed by atoms with van der Waals surface area (Å²) in [6.45, 7) is 3.25. The van der Waals surface area contributed by atoms with Crippen LogP contribution >= 0.6 is 112 Å². The molecule has 0 aliphatic heterocycles. The van der Waals surface area contributed by atoms with Crippen LogP contribution in [0.1, 0.15) is 18.1 Å². The third-order valence-electron chi connectivity index (χ3n) is 10.5. The fourth-order valence-corrected chi connectivity index (χ4v) is 13.3. The fraction of sp³-hybridized carbons (Fsp3) is 0.167. The van der Waals surface area contributed by atoms with E-state index in [0.717, 1.165) is 30.2 Å². The van der Waals surface area contributed by atoms with Gasteiger partial charge in [0.1, 0.15) is 81.8 Å². The SMILES string of the molecule is C[N-]S(=O)(=O)c1ccc(Br)c(C)c1.C[N-]S(=O)(=O)c1ccc(Br)cc1CC(C)=O.C[N-]S(=O)(=O)c1ccc(Cl)c(Cl)c1.C[N-]S(=O)(=O)c1ccc(Cl)cc1.C[N-]S(=O)(=O)c1ccc(Cl)cc1Cl.C[N-]S(=O)(=O)c1ccc(F)cc1.C[N-]S(=O)(=O)c1ccc(I)cc1.[CH3-].[CH3-].[CH3-].[CH3-].[CH3-].[CH3-].[CH3-].[Y].[Y].[Y].[Y].[Y].[Y].[Y]. The molecule has 7 rings (SSSR count). The van der Waals surface area contributed by atoms with Crippen molar-refractivity contribution in [1.82, 2.24) is 0 Å². The van der Waals surface area contributed by atoms with E-state index in [2.05, 4.69) is 87.5 Å². The summed E-state index contributed by atoms with van der Waals surface area (Å²) in [7, 11) is -16.1. The van der Waals surface area contributed by atoms with Gasteiger partial charge in [0.05, 0.1) is 24.9 Å². The number of Topliss-reactive ketones (excluding diaryl/α,β-unsaturated/α-hetero) is 1. The van der Waals surface area contributed by atoms with Crippen LogP contribution in [-0.2, 0) is 310 Å². The number of carbonyl (C=O) groups excluding carboxylic acids is 1. The third kappa shape index (κ3) is 52.1. The molecule has 7 aromatic rings. The number of sulfonamides is 7. The van der Waals surface area contributed by atoms with Gasteiger partial charge in [0.25, 0.3) is 0 Å². The first kappa shape index (κ1) is 141. The molecule has 7 aromatic carbocycles. The van der Waals surface area contributed by atoms with Crippen LogP contribution in [0.25, 0.3) is 33.1 Å². The molecule has 0 spiro atoms. The number of halogens is 9. The van der Waals surface area contributed by atoms with E-state index in [1.54, 1.807) is 48.5 Å². The molecule has 0 aromatic heterocycles. The number of hydrogen-bond donors (Lipinski definition) is 0. The first-order valence-electron chi connectivity index (χ1n) is 24.2. The van der Waals surface area contributed by atoms with Crippen molar-refractivity contribution < 1.29 is 297 Å². The molecule has 22 nitrogen and oxygen atoms in total. The minimum absolute atomic E-state index is 0. The van der Waals surface area contributed by atoms with E-state index in [1.807, 2.05) is 6.92 Å². The third-order valence-corrected chi connectivity index (χ3v) is 23.8. The van der Waals surface area contributed by atoms with Crippen LogP contribution in [0.3, 0.4) is 0 Å². The Kier molecular flexibility index (Phi) is 91.7. The van der Waals surface area contributed by atoms with Crippen LogP contribution in [0.4, 0.5) is 4.39 Å². The summed E-state index contributed by atoms with van der Waals surface area (Å²) in [5.41, 5.74) is 1.34. The first-order valence-corrected chi connectivity index (χ1v) is 38.8. The van der Waals surface area contributed by atoms with E-state index in [-0.39, 0.29) is 337 Å². The predicted molar refractivity (Wildman–Crippen MR) is 418 cm³/mol. The normalized spacial score (nSPS) is 10.0. The molecule has 0 heterocycles. The Hall–Kier alpha value is 4.38. The van der Waals surface area contributed by atoms with E-state index >= 15 is 0 Å². The minimum Gasteiger partial charge on any atom is -0.547 e. The second kappa shape index (κ2) is 68.2. The van der Waals surface area contributed by atoms with Crippen LogP contribution in [0, 0.1) is 68.3 Å². The largest absolute Gasteiger partial charge is 0.547 e. The summed E-state index contributed by atoms with van der Waals surface area (Å²) >= 11 is 36.7. The molecule has 0 fully saturated rings. The molecular weight excluding hydrogens is 2390 g/mol. The molecule has 0 amide bonds. The average molecular weight is 2460 g/mol. The Morgan fingerprint density at radius 2 is 0.676 bits per heavy atom. The summed E-state index contributed by atoms with van der Waals surface area (Å²) in [4.78, 5) is 11.8. The maximum Gasteiger partial charge on any atom is 0.134 e. The van der Waals surface area contributed by atoms with Gasteiger partial charge < -0.3 is 85.0 Å². The summed E-state index contributed by atoms with van der Waals surface area (Å²) in [6.07, 6.45) is 0.0868.